The van der Waals surface area contributed by atoms with Gasteiger partial charge in [0.1, 0.15) is 12.4 Å². The number of hydrogen-bond donors (Lipinski definition) is 4. The predicted molar refractivity (Wildman–Crippen MR) is 133 cm³/mol. The minimum absolute atomic E-state index is 0.107. The molecule has 1 aliphatic heterocycles. The highest BCUT2D eigenvalue weighted by molar-refractivity contribution is 5.95. The number of primary amides is 1. The lowest BCUT2D eigenvalue weighted by atomic mass is 9.92. The van der Waals surface area contributed by atoms with Crippen LogP contribution in [-0.4, -0.2) is 63.5 Å². The summed E-state index contributed by atoms with van der Waals surface area (Å²) in [5.41, 5.74) is 8.79. The second-order valence-electron chi connectivity index (χ2n) is 8.85. The van der Waals surface area contributed by atoms with Gasteiger partial charge in [0, 0.05) is 41.3 Å². The van der Waals surface area contributed by atoms with Crippen LogP contribution in [0, 0.1) is 12.8 Å². The van der Waals surface area contributed by atoms with E-state index in [0.29, 0.717) is 30.9 Å². The number of benzene rings is 2. The van der Waals surface area contributed by atoms with Gasteiger partial charge in [0.05, 0.1) is 11.4 Å². The lowest BCUT2D eigenvalue weighted by molar-refractivity contribution is -0.192. The number of hydrogen-bond acceptors (Lipinski definition) is 7. The first-order valence-corrected chi connectivity index (χ1v) is 11.8. The molecule has 5 N–H and O–H groups in total. The quantitative estimate of drug-likeness (QED) is 0.366. The average molecular weight is 549 g/mol. The van der Waals surface area contributed by atoms with Gasteiger partial charge in [0.15, 0.2) is 0 Å². The van der Waals surface area contributed by atoms with Gasteiger partial charge in [0.2, 0.25) is 5.91 Å². The Hall–Kier alpha value is -4.23. The van der Waals surface area contributed by atoms with Crippen molar-refractivity contribution in [3.05, 3.63) is 71.4 Å². The number of carboxylic acids is 1. The zero-order chi connectivity index (χ0) is 28.7. The monoisotopic (exact) mass is 548 g/mol. The van der Waals surface area contributed by atoms with Crippen LogP contribution in [0.4, 0.5) is 13.2 Å². The fourth-order valence-corrected chi connectivity index (χ4v) is 4.03. The number of ether oxygens (including phenoxy) is 1. The van der Waals surface area contributed by atoms with Gasteiger partial charge in [0.25, 0.3) is 5.91 Å². The molecule has 208 valence electrons. The molecule has 4 rings (SSSR count). The minimum atomic E-state index is -5.08. The number of carboxylic acid groups (broad SMARTS) is 1. The Balaban J connectivity index is 0.000000532. The van der Waals surface area contributed by atoms with Gasteiger partial charge in [-0.2, -0.15) is 18.2 Å². The fraction of sp³-hybridized carbons (Fsp3) is 0.308. The number of para-hydroxylation sites is 1. The molecule has 0 bridgehead atoms. The molecule has 1 aromatic heterocycles. The van der Waals surface area contributed by atoms with Crippen molar-refractivity contribution in [1.82, 2.24) is 15.4 Å². The standard InChI is InChI=1S/C24H26N4O4.C2HF3O2/c1-15-12-17(19-4-2-3-5-21(19)26-15)14-32-18-8-6-16(7-9-18)24(30)27-22-10-11-28(31)13-20(22)23(25)29;3-2(4,5)1(6)7/h2-9,12,20,22,31H,10-11,13-14H2,1H3,(H2,25,29)(H,27,30);(H,6,7). The number of halogens is 3. The number of fused-ring (bicyclic) bond motifs is 1. The van der Waals surface area contributed by atoms with Gasteiger partial charge in [-0.15, -0.1) is 0 Å². The van der Waals surface area contributed by atoms with E-state index < -0.39 is 30.0 Å². The van der Waals surface area contributed by atoms with Gasteiger partial charge in [-0.25, -0.2) is 4.79 Å². The number of nitrogens with zero attached hydrogens (tertiary/aromatic N) is 2. The SMILES string of the molecule is Cc1cc(COc2ccc(C(=O)NC3CCN(O)CC3C(N)=O)cc2)c2ccccc2n1.O=C(O)C(F)(F)F. The van der Waals surface area contributed by atoms with Gasteiger partial charge in [-0.1, -0.05) is 18.2 Å². The summed E-state index contributed by atoms with van der Waals surface area (Å²) in [6, 6.07) is 16.4. The zero-order valence-electron chi connectivity index (χ0n) is 20.8. The van der Waals surface area contributed by atoms with Crippen molar-refractivity contribution in [2.45, 2.75) is 32.2 Å². The number of carbonyl (C=O) groups is 3. The summed E-state index contributed by atoms with van der Waals surface area (Å²) in [6.07, 6.45) is -4.64. The summed E-state index contributed by atoms with van der Waals surface area (Å²) in [5, 5.41) is 21.7. The summed E-state index contributed by atoms with van der Waals surface area (Å²) < 4.78 is 37.7. The topological polar surface area (TPSA) is 155 Å². The first-order chi connectivity index (χ1) is 18.3. The van der Waals surface area contributed by atoms with Crippen LogP contribution in [0.5, 0.6) is 5.75 Å². The molecule has 2 amide bonds. The number of nitrogens with one attached hydrogen (secondary N) is 1. The molecular weight excluding hydrogens is 521 g/mol. The fourth-order valence-electron chi connectivity index (χ4n) is 4.03. The van der Waals surface area contributed by atoms with E-state index in [2.05, 4.69) is 10.3 Å². The molecule has 0 spiro atoms. The summed E-state index contributed by atoms with van der Waals surface area (Å²) in [7, 11) is 0. The van der Waals surface area contributed by atoms with E-state index in [1.807, 2.05) is 37.3 Å². The number of amides is 2. The smallest absolute Gasteiger partial charge is 0.489 e. The maximum atomic E-state index is 12.7. The Kier molecular flexibility index (Phi) is 9.43. The number of rotatable bonds is 6. The van der Waals surface area contributed by atoms with Crippen LogP contribution in [0.15, 0.2) is 54.6 Å². The molecule has 2 heterocycles. The van der Waals surface area contributed by atoms with E-state index in [9.17, 15) is 28.0 Å². The first kappa shape index (κ1) is 29.3. The summed E-state index contributed by atoms with van der Waals surface area (Å²) >= 11 is 0. The lowest BCUT2D eigenvalue weighted by Gasteiger charge is -2.34. The van der Waals surface area contributed by atoms with Crippen LogP contribution in [0.3, 0.4) is 0 Å². The molecule has 3 aromatic rings. The van der Waals surface area contributed by atoms with E-state index >= 15 is 0 Å². The van der Waals surface area contributed by atoms with Crippen molar-refractivity contribution in [1.29, 1.82) is 0 Å². The Labute approximate surface area is 221 Å². The van der Waals surface area contributed by atoms with E-state index in [0.717, 1.165) is 27.2 Å². The molecule has 0 aliphatic carbocycles. The first-order valence-electron chi connectivity index (χ1n) is 11.8. The number of hydroxylamine groups is 2. The second kappa shape index (κ2) is 12.5. The van der Waals surface area contributed by atoms with E-state index in [-0.39, 0.29) is 12.5 Å². The number of nitrogens with two attached hydrogens (primary N) is 1. The van der Waals surface area contributed by atoms with Crippen molar-refractivity contribution < 1.29 is 42.6 Å². The minimum Gasteiger partial charge on any atom is -0.489 e. The van der Waals surface area contributed by atoms with Crippen LogP contribution in [0.1, 0.15) is 28.0 Å². The number of aliphatic carboxylic acids is 1. The number of aryl methyl sites for hydroxylation is 1. The predicted octanol–water partition coefficient (Wildman–Crippen LogP) is 3.05. The van der Waals surface area contributed by atoms with E-state index in [1.54, 1.807) is 24.3 Å². The summed E-state index contributed by atoms with van der Waals surface area (Å²) in [4.78, 5) is 37.8. The molecule has 0 radical (unpaired) electrons. The van der Waals surface area contributed by atoms with E-state index in [4.69, 9.17) is 20.4 Å². The molecule has 39 heavy (non-hydrogen) atoms. The van der Waals surface area contributed by atoms with Crippen molar-refractivity contribution in [2.24, 2.45) is 11.7 Å². The van der Waals surface area contributed by atoms with E-state index in [1.165, 1.54) is 0 Å². The van der Waals surface area contributed by atoms with Crippen molar-refractivity contribution in [3.8, 4) is 5.75 Å². The third-order valence-electron chi connectivity index (χ3n) is 5.96. The Morgan fingerprint density at radius 2 is 1.79 bits per heavy atom. The molecule has 2 atom stereocenters. The largest absolute Gasteiger partial charge is 0.490 e. The second-order valence-corrected chi connectivity index (χ2v) is 8.85. The molecule has 0 saturated carbocycles. The van der Waals surface area contributed by atoms with Crippen LogP contribution < -0.4 is 15.8 Å². The highest BCUT2D eigenvalue weighted by Gasteiger charge is 2.38. The maximum absolute atomic E-state index is 12.7. The third kappa shape index (κ3) is 8.12. The van der Waals surface area contributed by atoms with Gasteiger partial charge in [-0.3, -0.25) is 14.6 Å². The summed E-state index contributed by atoms with van der Waals surface area (Å²) in [5.74, 6) is -3.60. The van der Waals surface area contributed by atoms with Crippen LogP contribution in [-0.2, 0) is 16.2 Å². The Morgan fingerprint density at radius 3 is 2.41 bits per heavy atom. The number of aromatic nitrogens is 1. The highest BCUT2D eigenvalue weighted by atomic mass is 19.4. The molecule has 1 saturated heterocycles. The van der Waals surface area contributed by atoms with Gasteiger partial charge < -0.3 is 26.1 Å². The summed E-state index contributed by atoms with van der Waals surface area (Å²) in [6.45, 7) is 2.81. The zero-order valence-corrected chi connectivity index (χ0v) is 20.8. The molecule has 2 unspecified atom stereocenters. The highest BCUT2D eigenvalue weighted by Crippen LogP contribution is 2.22. The van der Waals surface area contributed by atoms with Crippen molar-refractivity contribution >= 4 is 28.7 Å². The van der Waals surface area contributed by atoms with Crippen LogP contribution >= 0.6 is 0 Å². The third-order valence-corrected chi connectivity index (χ3v) is 5.96. The van der Waals surface area contributed by atoms with Crippen LogP contribution in [0.25, 0.3) is 10.9 Å². The maximum Gasteiger partial charge on any atom is 0.490 e. The molecule has 13 heteroatoms. The normalized spacial score (nSPS) is 17.6. The molecular formula is C26H27F3N4O6. The lowest BCUT2D eigenvalue weighted by Crippen LogP contribution is -2.54. The van der Waals surface area contributed by atoms with Gasteiger partial charge >= 0.3 is 12.1 Å². The van der Waals surface area contributed by atoms with Crippen LogP contribution in [0.2, 0.25) is 0 Å². The Bertz CT molecular complexity index is 1330. The molecule has 10 nitrogen and oxygen atoms in total. The average Bonchev–Trinajstić information content (AvgIpc) is 2.88. The molecule has 2 aromatic carbocycles. The number of piperidine rings is 1. The number of pyridine rings is 1. The molecule has 1 aliphatic rings. The van der Waals surface area contributed by atoms with Crippen molar-refractivity contribution in [3.63, 3.8) is 0 Å². The Morgan fingerprint density at radius 1 is 1.15 bits per heavy atom. The van der Waals surface area contributed by atoms with Gasteiger partial charge in [-0.05, 0) is 49.7 Å². The number of carbonyl (C=O) groups excluding carboxylic acids is 2. The van der Waals surface area contributed by atoms with Crippen molar-refractivity contribution in [2.75, 3.05) is 13.1 Å². The molecule has 1 fully saturated rings. The number of alkyl halides is 3.